The molecule has 1 saturated carbocycles. The van der Waals surface area contributed by atoms with E-state index in [0.717, 1.165) is 42.8 Å². The molecule has 2 aromatic carbocycles. The van der Waals surface area contributed by atoms with Crippen LogP contribution in [0.1, 0.15) is 35.1 Å². The lowest BCUT2D eigenvalue weighted by Crippen LogP contribution is -2.38. The second-order valence-corrected chi connectivity index (χ2v) is 7.86. The van der Waals surface area contributed by atoms with Gasteiger partial charge in [0, 0.05) is 18.5 Å². The third kappa shape index (κ3) is 4.69. The van der Waals surface area contributed by atoms with E-state index in [1.807, 2.05) is 13.1 Å². The predicted octanol–water partition coefficient (Wildman–Crippen LogP) is 3.59. The van der Waals surface area contributed by atoms with E-state index in [1.165, 1.54) is 11.1 Å². The SMILES string of the molecule is COc1c(C)cc(CN(C)CC(=O)NCC2(c3ccccc3)CC2)cc1C. The van der Waals surface area contributed by atoms with Crippen molar-refractivity contribution in [1.82, 2.24) is 10.2 Å². The molecule has 1 aliphatic rings. The Hall–Kier alpha value is -2.33. The van der Waals surface area contributed by atoms with E-state index in [4.69, 9.17) is 4.74 Å². The molecule has 0 aromatic heterocycles. The van der Waals surface area contributed by atoms with Crippen LogP contribution in [-0.2, 0) is 16.8 Å². The normalized spacial score (nSPS) is 14.9. The van der Waals surface area contributed by atoms with Gasteiger partial charge in [-0.2, -0.15) is 0 Å². The van der Waals surface area contributed by atoms with Crippen LogP contribution < -0.4 is 10.1 Å². The van der Waals surface area contributed by atoms with E-state index in [2.05, 4.69) is 60.5 Å². The van der Waals surface area contributed by atoms with Crippen LogP contribution in [0.25, 0.3) is 0 Å². The zero-order valence-corrected chi connectivity index (χ0v) is 16.8. The van der Waals surface area contributed by atoms with E-state index in [1.54, 1.807) is 7.11 Å². The van der Waals surface area contributed by atoms with Gasteiger partial charge in [0.2, 0.25) is 5.91 Å². The molecular weight excluding hydrogens is 336 g/mol. The van der Waals surface area contributed by atoms with Gasteiger partial charge in [0.15, 0.2) is 0 Å². The summed E-state index contributed by atoms with van der Waals surface area (Å²) in [6.07, 6.45) is 2.30. The van der Waals surface area contributed by atoms with E-state index in [-0.39, 0.29) is 11.3 Å². The van der Waals surface area contributed by atoms with Crippen molar-refractivity contribution in [1.29, 1.82) is 0 Å². The molecule has 0 spiro atoms. The maximum absolute atomic E-state index is 12.4. The second-order valence-electron chi connectivity index (χ2n) is 7.86. The molecule has 1 fully saturated rings. The van der Waals surface area contributed by atoms with Gasteiger partial charge in [-0.15, -0.1) is 0 Å². The van der Waals surface area contributed by atoms with Gasteiger partial charge in [-0.05, 0) is 56.0 Å². The molecule has 144 valence electrons. The maximum Gasteiger partial charge on any atom is 0.234 e. The summed E-state index contributed by atoms with van der Waals surface area (Å²) < 4.78 is 5.43. The van der Waals surface area contributed by atoms with Gasteiger partial charge in [-0.25, -0.2) is 0 Å². The summed E-state index contributed by atoms with van der Waals surface area (Å²) in [5.41, 5.74) is 4.94. The van der Waals surface area contributed by atoms with Crippen molar-refractivity contribution in [3.05, 3.63) is 64.7 Å². The van der Waals surface area contributed by atoms with E-state index in [0.29, 0.717) is 6.54 Å². The van der Waals surface area contributed by atoms with Crippen molar-refractivity contribution in [3.63, 3.8) is 0 Å². The Morgan fingerprint density at radius 1 is 1.15 bits per heavy atom. The lowest BCUT2D eigenvalue weighted by Gasteiger charge is -2.20. The van der Waals surface area contributed by atoms with Crippen molar-refractivity contribution >= 4 is 5.91 Å². The summed E-state index contributed by atoms with van der Waals surface area (Å²) in [5, 5.41) is 3.14. The molecule has 0 bridgehead atoms. The molecule has 0 unspecified atom stereocenters. The smallest absolute Gasteiger partial charge is 0.234 e. The van der Waals surface area contributed by atoms with Crippen molar-refractivity contribution in [2.24, 2.45) is 0 Å². The molecule has 2 aromatic rings. The summed E-state index contributed by atoms with van der Waals surface area (Å²) in [7, 11) is 3.69. The highest BCUT2D eigenvalue weighted by Gasteiger charge is 2.44. The number of hydrogen-bond donors (Lipinski definition) is 1. The van der Waals surface area contributed by atoms with Gasteiger partial charge < -0.3 is 10.1 Å². The quantitative estimate of drug-likeness (QED) is 0.776. The number of likely N-dealkylation sites (N-methyl/N-ethyl adjacent to an activating group) is 1. The number of amides is 1. The van der Waals surface area contributed by atoms with Crippen LogP contribution in [0.3, 0.4) is 0 Å². The number of ether oxygens (including phenoxy) is 1. The number of methoxy groups -OCH3 is 1. The number of nitrogens with one attached hydrogen (secondary N) is 1. The molecule has 1 amide bonds. The Labute approximate surface area is 162 Å². The fraction of sp³-hybridized carbons (Fsp3) is 0.435. The minimum Gasteiger partial charge on any atom is -0.496 e. The van der Waals surface area contributed by atoms with Crippen molar-refractivity contribution in [2.75, 3.05) is 27.2 Å². The van der Waals surface area contributed by atoms with Gasteiger partial charge in [0.05, 0.1) is 13.7 Å². The molecule has 0 aliphatic heterocycles. The van der Waals surface area contributed by atoms with Crippen molar-refractivity contribution < 1.29 is 9.53 Å². The predicted molar refractivity (Wildman–Crippen MR) is 109 cm³/mol. The van der Waals surface area contributed by atoms with Gasteiger partial charge >= 0.3 is 0 Å². The number of carbonyl (C=O) groups excluding carboxylic acids is 1. The van der Waals surface area contributed by atoms with Crippen LogP contribution in [0.2, 0.25) is 0 Å². The first-order valence-electron chi connectivity index (χ1n) is 9.58. The lowest BCUT2D eigenvalue weighted by atomic mass is 9.96. The average Bonchev–Trinajstić information content (AvgIpc) is 3.42. The molecule has 1 aliphatic carbocycles. The van der Waals surface area contributed by atoms with Crippen molar-refractivity contribution in [2.45, 2.75) is 38.6 Å². The first kappa shape index (κ1) is 19.4. The Morgan fingerprint density at radius 3 is 2.33 bits per heavy atom. The van der Waals surface area contributed by atoms with Gasteiger partial charge in [0.1, 0.15) is 5.75 Å². The van der Waals surface area contributed by atoms with E-state index >= 15 is 0 Å². The first-order chi connectivity index (χ1) is 12.9. The highest BCUT2D eigenvalue weighted by Crippen LogP contribution is 2.47. The molecular formula is C23H30N2O2. The van der Waals surface area contributed by atoms with Crippen LogP contribution in [0.4, 0.5) is 0 Å². The minimum absolute atomic E-state index is 0.0849. The Balaban J connectivity index is 1.51. The minimum atomic E-state index is 0.0849. The molecule has 4 nitrogen and oxygen atoms in total. The Bertz CT molecular complexity index is 774. The fourth-order valence-electron chi connectivity index (χ4n) is 3.90. The zero-order chi connectivity index (χ0) is 19.4. The summed E-state index contributed by atoms with van der Waals surface area (Å²) in [5.74, 6) is 1.02. The lowest BCUT2D eigenvalue weighted by molar-refractivity contribution is -0.122. The highest BCUT2D eigenvalue weighted by atomic mass is 16.5. The van der Waals surface area contributed by atoms with Crippen LogP contribution in [0.15, 0.2) is 42.5 Å². The number of carbonyl (C=O) groups is 1. The molecule has 0 heterocycles. The molecule has 0 atom stereocenters. The first-order valence-corrected chi connectivity index (χ1v) is 9.58. The number of hydrogen-bond acceptors (Lipinski definition) is 3. The van der Waals surface area contributed by atoms with Crippen LogP contribution in [0, 0.1) is 13.8 Å². The van der Waals surface area contributed by atoms with Gasteiger partial charge in [-0.3, -0.25) is 9.69 Å². The summed E-state index contributed by atoms with van der Waals surface area (Å²) >= 11 is 0. The largest absolute Gasteiger partial charge is 0.496 e. The number of nitrogens with zero attached hydrogens (tertiary/aromatic N) is 1. The van der Waals surface area contributed by atoms with E-state index < -0.39 is 0 Å². The summed E-state index contributed by atoms with van der Waals surface area (Å²) in [6, 6.07) is 14.8. The maximum atomic E-state index is 12.4. The summed E-state index contributed by atoms with van der Waals surface area (Å²) in [6.45, 7) is 5.98. The molecule has 1 N–H and O–H groups in total. The van der Waals surface area contributed by atoms with Crippen LogP contribution in [-0.4, -0.2) is 38.1 Å². The number of aryl methyl sites for hydroxylation is 2. The Kier molecular flexibility index (Phi) is 5.85. The molecule has 4 heteroatoms. The molecule has 27 heavy (non-hydrogen) atoms. The third-order valence-electron chi connectivity index (χ3n) is 5.45. The zero-order valence-electron chi connectivity index (χ0n) is 16.8. The second kappa shape index (κ2) is 8.13. The topological polar surface area (TPSA) is 41.6 Å². The third-order valence-corrected chi connectivity index (χ3v) is 5.45. The molecule has 0 saturated heterocycles. The molecule has 3 rings (SSSR count). The standard InChI is InChI=1S/C23H30N2O2/c1-17-12-19(13-18(2)22(17)27-4)14-25(3)15-21(26)24-16-23(10-11-23)20-8-6-5-7-9-20/h5-9,12-13H,10-11,14-16H2,1-4H3,(H,24,26). The van der Waals surface area contributed by atoms with Crippen molar-refractivity contribution in [3.8, 4) is 5.75 Å². The van der Waals surface area contributed by atoms with Gasteiger partial charge in [0.25, 0.3) is 0 Å². The highest BCUT2D eigenvalue weighted by molar-refractivity contribution is 5.78. The fourth-order valence-corrected chi connectivity index (χ4v) is 3.90. The van der Waals surface area contributed by atoms with Crippen LogP contribution >= 0.6 is 0 Å². The van der Waals surface area contributed by atoms with Gasteiger partial charge in [-0.1, -0.05) is 42.5 Å². The van der Waals surface area contributed by atoms with Crippen LogP contribution in [0.5, 0.6) is 5.75 Å². The van der Waals surface area contributed by atoms with E-state index in [9.17, 15) is 4.79 Å². The number of benzene rings is 2. The molecule has 0 radical (unpaired) electrons. The summed E-state index contributed by atoms with van der Waals surface area (Å²) in [4.78, 5) is 14.5. The number of rotatable bonds is 8. The average molecular weight is 367 g/mol. The Morgan fingerprint density at radius 2 is 1.78 bits per heavy atom. The monoisotopic (exact) mass is 366 g/mol.